The third kappa shape index (κ3) is 3.04. The Morgan fingerprint density at radius 3 is 2.89 bits per heavy atom. The van der Waals surface area contributed by atoms with Crippen molar-refractivity contribution in [2.45, 2.75) is 26.6 Å². The van der Waals surface area contributed by atoms with Gasteiger partial charge in [0.25, 0.3) is 0 Å². The van der Waals surface area contributed by atoms with Crippen molar-refractivity contribution < 1.29 is 4.52 Å². The first kappa shape index (κ1) is 16.0. The van der Waals surface area contributed by atoms with Gasteiger partial charge in [-0.05, 0) is 11.6 Å². The molecule has 5 rings (SSSR count). The molecule has 0 saturated heterocycles. The van der Waals surface area contributed by atoms with Gasteiger partial charge in [-0.1, -0.05) is 29.4 Å². The molecule has 4 aromatic rings. The van der Waals surface area contributed by atoms with Crippen LogP contribution in [0.25, 0.3) is 22.9 Å². The van der Waals surface area contributed by atoms with Crippen molar-refractivity contribution in [2.75, 3.05) is 6.54 Å². The van der Waals surface area contributed by atoms with E-state index in [0.717, 1.165) is 43.3 Å². The van der Waals surface area contributed by atoms with Gasteiger partial charge in [-0.2, -0.15) is 10.1 Å². The molecule has 0 fully saturated rings. The minimum absolute atomic E-state index is 0.565. The molecule has 0 amide bonds. The van der Waals surface area contributed by atoms with Gasteiger partial charge in [0.1, 0.15) is 5.69 Å². The molecule has 1 aliphatic rings. The summed E-state index contributed by atoms with van der Waals surface area (Å²) < 4.78 is 9.23. The van der Waals surface area contributed by atoms with Crippen molar-refractivity contribution in [3.63, 3.8) is 0 Å². The van der Waals surface area contributed by atoms with Gasteiger partial charge in [0.05, 0.1) is 12.2 Å². The summed E-state index contributed by atoms with van der Waals surface area (Å²) in [7, 11) is 0. The minimum Gasteiger partial charge on any atom is -0.339 e. The second-order valence-corrected chi connectivity index (χ2v) is 6.63. The topological polar surface area (TPSA) is 86.6 Å². The van der Waals surface area contributed by atoms with Crippen LogP contribution in [-0.2, 0) is 19.6 Å². The Balaban J connectivity index is 1.39. The first-order chi connectivity index (χ1) is 13.3. The zero-order valence-electron chi connectivity index (χ0n) is 15.0. The van der Waals surface area contributed by atoms with Gasteiger partial charge in [-0.3, -0.25) is 4.68 Å². The molecule has 8 nitrogen and oxygen atoms in total. The molecule has 4 heterocycles. The monoisotopic (exact) mass is 361 g/mol. The molecule has 1 aromatic carbocycles. The van der Waals surface area contributed by atoms with Crippen LogP contribution in [0.5, 0.6) is 0 Å². The summed E-state index contributed by atoms with van der Waals surface area (Å²) in [5.41, 5.74) is 4.22. The Bertz CT molecular complexity index is 1050. The van der Waals surface area contributed by atoms with Gasteiger partial charge in [0.15, 0.2) is 5.82 Å². The summed E-state index contributed by atoms with van der Waals surface area (Å²) in [5, 5.41) is 12.0. The van der Waals surface area contributed by atoms with E-state index in [4.69, 9.17) is 9.62 Å². The number of imidazole rings is 1. The maximum atomic E-state index is 5.05. The molecule has 136 valence electrons. The van der Waals surface area contributed by atoms with E-state index in [-0.39, 0.29) is 0 Å². The summed E-state index contributed by atoms with van der Waals surface area (Å²) in [4.78, 5) is 8.79. The Morgan fingerprint density at radius 2 is 2.11 bits per heavy atom. The van der Waals surface area contributed by atoms with Crippen LogP contribution < -0.4 is 5.32 Å². The zero-order chi connectivity index (χ0) is 18.2. The van der Waals surface area contributed by atoms with Crippen LogP contribution in [-0.4, -0.2) is 36.0 Å². The van der Waals surface area contributed by atoms with E-state index in [2.05, 4.69) is 47.9 Å². The number of benzene rings is 1. The van der Waals surface area contributed by atoms with Crippen LogP contribution in [0.2, 0.25) is 0 Å². The fourth-order valence-electron chi connectivity index (χ4n) is 3.34. The Kier molecular flexibility index (Phi) is 3.83. The van der Waals surface area contributed by atoms with Crippen molar-refractivity contribution in [3.8, 4) is 22.9 Å². The van der Waals surface area contributed by atoms with Gasteiger partial charge in [-0.25, -0.2) is 4.98 Å². The Labute approximate surface area is 155 Å². The smallest absolute Gasteiger partial charge is 0.223 e. The molecular weight excluding hydrogens is 342 g/mol. The van der Waals surface area contributed by atoms with Gasteiger partial charge in [0.2, 0.25) is 11.7 Å². The van der Waals surface area contributed by atoms with Crippen LogP contribution >= 0.6 is 0 Å². The molecule has 0 saturated carbocycles. The van der Waals surface area contributed by atoms with Gasteiger partial charge >= 0.3 is 0 Å². The van der Waals surface area contributed by atoms with Gasteiger partial charge < -0.3 is 14.4 Å². The summed E-state index contributed by atoms with van der Waals surface area (Å²) in [5.74, 6) is 2.06. The number of aryl methyl sites for hydroxylation is 1. The lowest BCUT2D eigenvalue weighted by Crippen LogP contribution is -2.28. The number of rotatable bonds is 4. The number of hydrogen-bond donors (Lipinski definition) is 1. The van der Waals surface area contributed by atoms with Crippen molar-refractivity contribution >= 4 is 0 Å². The predicted molar refractivity (Wildman–Crippen MR) is 98.7 cm³/mol. The summed E-state index contributed by atoms with van der Waals surface area (Å²) in [6.45, 7) is 5.21. The fourth-order valence-corrected chi connectivity index (χ4v) is 3.34. The van der Waals surface area contributed by atoms with Crippen LogP contribution in [0.3, 0.4) is 0 Å². The van der Waals surface area contributed by atoms with Crippen molar-refractivity contribution in [3.05, 3.63) is 59.9 Å². The van der Waals surface area contributed by atoms with Crippen molar-refractivity contribution in [1.82, 2.24) is 34.8 Å². The lowest BCUT2D eigenvalue weighted by atomic mass is 10.1. The summed E-state index contributed by atoms with van der Waals surface area (Å²) >= 11 is 0. The van der Waals surface area contributed by atoms with E-state index >= 15 is 0 Å². The molecule has 27 heavy (non-hydrogen) atoms. The number of aromatic nitrogens is 6. The third-order valence-electron chi connectivity index (χ3n) is 4.71. The minimum atomic E-state index is 0.565. The van der Waals surface area contributed by atoms with Crippen molar-refractivity contribution in [1.29, 1.82) is 0 Å². The average Bonchev–Trinajstić information content (AvgIpc) is 3.41. The molecule has 0 unspecified atom stereocenters. The highest BCUT2D eigenvalue weighted by Gasteiger charge is 2.16. The molecule has 0 atom stereocenters. The average molecular weight is 361 g/mol. The first-order valence-corrected chi connectivity index (χ1v) is 8.95. The SMILES string of the molecule is Cc1nc(-c2ccc(Cn3ccnc3-c3cc4n(n3)CCNC4)cc2)no1. The van der Waals surface area contributed by atoms with E-state index in [0.29, 0.717) is 11.7 Å². The summed E-state index contributed by atoms with van der Waals surface area (Å²) in [6, 6.07) is 10.3. The second kappa shape index (κ2) is 6.48. The Morgan fingerprint density at radius 1 is 1.22 bits per heavy atom. The van der Waals surface area contributed by atoms with Crippen molar-refractivity contribution in [2.24, 2.45) is 0 Å². The maximum absolute atomic E-state index is 5.05. The molecule has 0 radical (unpaired) electrons. The highest BCUT2D eigenvalue weighted by Crippen LogP contribution is 2.21. The lowest BCUT2D eigenvalue weighted by molar-refractivity contribution is 0.394. The van der Waals surface area contributed by atoms with Gasteiger partial charge in [-0.15, -0.1) is 0 Å². The standard InChI is InChI=1S/C19H19N7O/c1-13-22-18(24-27-13)15-4-2-14(3-5-15)12-25-8-7-21-19(25)17-10-16-11-20-6-9-26(16)23-17/h2-5,7-8,10,20H,6,9,11-12H2,1H3. The summed E-state index contributed by atoms with van der Waals surface area (Å²) in [6.07, 6.45) is 3.81. The molecule has 0 aliphatic carbocycles. The lowest BCUT2D eigenvalue weighted by Gasteiger charge is -2.13. The highest BCUT2D eigenvalue weighted by molar-refractivity contribution is 5.55. The Hall–Kier alpha value is -3.26. The maximum Gasteiger partial charge on any atom is 0.223 e. The largest absolute Gasteiger partial charge is 0.339 e. The molecular formula is C19H19N7O. The predicted octanol–water partition coefficient (Wildman–Crippen LogP) is 2.26. The first-order valence-electron chi connectivity index (χ1n) is 8.95. The number of nitrogens with zero attached hydrogens (tertiary/aromatic N) is 6. The van der Waals surface area contributed by atoms with E-state index < -0.39 is 0 Å². The van der Waals surface area contributed by atoms with Crippen LogP contribution in [0.4, 0.5) is 0 Å². The van der Waals surface area contributed by atoms with Gasteiger partial charge in [0, 0.05) is 44.5 Å². The zero-order valence-corrected chi connectivity index (χ0v) is 15.0. The quantitative estimate of drug-likeness (QED) is 0.600. The fraction of sp³-hybridized carbons (Fsp3) is 0.263. The van der Waals surface area contributed by atoms with Crippen LogP contribution in [0.1, 0.15) is 17.1 Å². The highest BCUT2D eigenvalue weighted by atomic mass is 16.5. The number of fused-ring (bicyclic) bond motifs is 1. The van der Waals surface area contributed by atoms with E-state index in [1.54, 1.807) is 6.92 Å². The number of nitrogens with one attached hydrogen (secondary N) is 1. The second-order valence-electron chi connectivity index (χ2n) is 6.63. The number of hydrogen-bond acceptors (Lipinski definition) is 6. The van der Waals surface area contributed by atoms with E-state index in [1.165, 1.54) is 11.3 Å². The molecule has 1 aliphatic heterocycles. The van der Waals surface area contributed by atoms with Crippen LogP contribution in [0.15, 0.2) is 47.2 Å². The normalized spacial score (nSPS) is 13.7. The molecule has 0 spiro atoms. The van der Waals surface area contributed by atoms with E-state index in [9.17, 15) is 0 Å². The molecule has 1 N–H and O–H groups in total. The molecule has 3 aromatic heterocycles. The van der Waals surface area contributed by atoms with E-state index in [1.807, 2.05) is 24.5 Å². The molecule has 8 heteroatoms. The van der Waals surface area contributed by atoms with Crippen LogP contribution in [0, 0.1) is 6.92 Å². The molecule has 0 bridgehead atoms. The third-order valence-corrected chi connectivity index (χ3v) is 4.71.